The molecule has 1 aromatic carbocycles. The molecule has 1 aromatic rings. The van der Waals surface area contributed by atoms with Crippen molar-refractivity contribution in [1.29, 1.82) is 0 Å². The van der Waals surface area contributed by atoms with Gasteiger partial charge in [0, 0.05) is 0 Å². The molecule has 0 heterocycles. The van der Waals surface area contributed by atoms with Gasteiger partial charge in [0.1, 0.15) is 0 Å². The summed E-state index contributed by atoms with van der Waals surface area (Å²) in [4.78, 5) is 0. The van der Waals surface area contributed by atoms with Crippen LogP contribution in [-0.2, 0) is 5.60 Å². The molecule has 0 bridgehead atoms. The molecule has 1 aliphatic carbocycles. The largest absolute Gasteiger partial charge is 0.385 e. The van der Waals surface area contributed by atoms with Crippen LogP contribution in [-0.4, -0.2) is 5.11 Å². The van der Waals surface area contributed by atoms with E-state index in [1.54, 1.807) is 0 Å². The molecule has 1 saturated carbocycles. The van der Waals surface area contributed by atoms with Gasteiger partial charge in [-0.15, -0.1) is 0 Å². The Bertz CT molecular complexity index is 479. The minimum absolute atomic E-state index is 0.523. The average Bonchev–Trinajstić information content (AvgIpc) is 2.55. The van der Waals surface area contributed by atoms with Crippen LogP contribution in [0.1, 0.15) is 83.1 Å². The van der Waals surface area contributed by atoms with Crippen molar-refractivity contribution in [3.8, 4) is 0 Å². The van der Waals surface area contributed by atoms with E-state index < -0.39 is 17.2 Å². The van der Waals surface area contributed by atoms with Crippen LogP contribution < -0.4 is 0 Å². The highest BCUT2D eigenvalue weighted by molar-refractivity contribution is 5.24. The van der Waals surface area contributed by atoms with Gasteiger partial charge in [0.15, 0.2) is 11.6 Å². The molecule has 130 valence electrons. The molecule has 1 nitrogen and oxygen atoms in total. The second-order valence-electron chi connectivity index (χ2n) is 7.16. The zero-order valence-electron chi connectivity index (χ0n) is 14.3. The minimum Gasteiger partial charge on any atom is -0.385 e. The van der Waals surface area contributed by atoms with Crippen molar-refractivity contribution in [2.75, 3.05) is 0 Å². The Labute approximate surface area is 139 Å². The maximum atomic E-state index is 13.4. The van der Waals surface area contributed by atoms with Crippen LogP contribution in [0.4, 0.5) is 8.78 Å². The van der Waals surface area contributed by atoms with Crippen molar-refractivity contribution in [2.45, 2.75) is 83.2 Å². The van der Waals surface area contributed by atoms with Gasteiger partial charge >= 0.3 is 0 Å². The predicted molar refractivity (Wildman–Crippen MR) is 90.2 cm³/mol. The van der Waals surface area contributed by atoms with Crippen LogP contribution >= 0.6 is 0 Å². The van der Waals surface area contributed by atoms with E-state index in [1.165, 1.54) is 51.0 Å². The second kappa shape index (κ2) is 8.77. The highest BCUT2D eigenvalue weighted by Crippen LogP contribution is 2.41. The standard InChI is InChI=1S/C20H30F2O/c1-2-3-4-5-6-7-8-16-11-13-20(23,14-12-16)17-9-10-18(21)19(22)15-17/h9-10,15-16,23H,2-8,11-14H2,1H3. The van der Waals surface area contributed by atoms with E-state index in [-0.39, 0.29) is 0 Å². The van der Waals surface area contributed by atoms with E-state index in [4.69, 9.17) is 0 Å². The summed E-state index contributed by atoms with van der Waals surface area (Å²) in [7, 11) is 0. The van der Waals surface area contributed by atoms with Gasteiger partial charge in [-0.3, -0.25) is 0 Å². The van der Waals surface area contributed by atoms with E-state index >= 15 is 0 Å². The number of unbranched alkanes of at least 4 members (excludes halogenated alkanes) is 5. The third-order valence-electron chi connectivity index (χ3n) is 5.36. The van der Waals surface area contributed by atoms with Crippen LogP contribution in [0.3, 0.4) is 0 Å². The Morgan fingerprint density at radius 1 is 1.00 bits per heavy atom. The topological polar surface area (TPSA) is 20.2 Å². The van der Waals surface area contributed by atoms with Crippen molar-refractivity contribution in [3.63, 3.8) is 0 Å². The molecule has 0 aromatic heterocycles. The summed E-state index contributed by atoms with van der Waals surface area (Å²) in [5.74, 6) is -1.05. The fourth-order valence-corrected chi connectivity index (χ4v) is 3.73. The second-order valence-corrected chi connectivity index (χ2v) is 7.16. The van der Waals surface area contributed by atoms with Crippen LogP contribution in [0.5, 0.6) is 0 Å². The van der Waals surface area contributed by atoms with Crippen molar-refractivity contribution in [3.05, 3.63) is 35.4 Å². The summed E-state index contributed by atoms with van der Waals surface area (Å²) in [5.41, 5.74) is -0.457. The normalized spacial score (nSPS) is 24.8. The van der Waals surface area contributed by atoms with Crippen molar-refractivity contribution in [1.82, 2.24) is 0 Å². The number of rotatable bonds is 8. The summed E-state index contributed by atoms with van der Waals surface area (Å²) in [5, 5.41) is 10.8. The number of hydrogen-bond donors (Lipinski definition) is 1. The molecule has 1 aliphatic rings. The molecule has 3 heteroatoms. The molecule has 0 amide bonds. The molecule has 0 unspecified atom stereocenters. The summed E-state index contributed by atoms with van der Waals surface area (Å²) < 4.78 is 26.4. The van der Waals surface area contributed by atoms with E-state index in [2.05, 4.69) is 6.92 Å². The Kier molecular flexibility index (Phi) is 7.01. The fourth-order valence-electron chi connectivity index (χ4n) is 3.73. The molecule has 1 fully saturated rings. The first-order chi connectivity index (χ1) is 11.0. The molecule has 0 radical (unpaired) electrons. The lowest BCUT2D eigenvalue weighted by Gasteiger charge is -2.36. The molecule has 0 spiro atoms. The highest BCUT2D eigenvalue weighted by atomic mass is 19.2. The Balaban J connectivity index is 1.75. The van der Waals surface area contributed by atoms with Gasteiger partial charge in [0.2, 0.25) is 0 Å². The zero-order valence-corrected chi connectivity index (χ0v) is 14.3. The van der Waals surface area contributed by atoms with E-state index in [9.17, 15) is 13.9 Å². The highest BCUT2D eigenvalue weighted by Gasteiger charge is 2.35. The Morgan fingerprint density at radius 3 is 2.30 bits per heavy atom. The molecular weight excluding hydrogens is 294 g/mol. The van der Waals surface area contributed by atoms with Gasteiger partial charge in [-0.05, 0) is 49.3 Å². The van der Waals surface area contributed by atoms with Crippen molar-refractivity contribution in [2.24, 2.45) is 5.92 Å². The lowest BCUT2D eigenvalue weighted by atomic mass is 9.74. The van der Waals surface area contributed by atoms with E-state index in [1.807, 2.05) is 0 Å². The van der Waals surface area contributed by atoms with Gasteiger partial charge in [0.25, 0.3) is 0 Å². The predicted octanol–water partition coefficient (Wildman–Crippen LogP) is 6.09. The lowest BCUT2D eigenvalue weighted by molar-refractivity contribution is -0.0157. The third kappa shape index (κ3) is 5.27. The molecule has 23 heavy (non-hydrogen) atoms. The third-order valence-corrected chi connectivity index (χ3v) is 5.36. The zero-order chi connectivity index (χ0) is 16.7. The quantitative estimate of drug-likeness (QED) is 0.573. The SMILES string of the molecule is CCCCCCCCC1CCC(O)(c2ccc(F)c(F)c2)CC1. The number of benzene rings is 1. The van der Waals surface area contributed by atoms with Gasteiger partial charge in [-0.2, -0.15) is 0 Å². The number of halogens is 2. The number of hydrogen-bond acceptors (Lipinski definition) is 1. The molecule has 1 N–H and O–H groups in total. The molecular formula is C20H30F2O. The lowest BCUT2D eigenvalue weighted by Crippen LogP contribution is -2.31. The first-order valence-corrected chi connectivity index (χ1v) is 9.23. The maximum Gasteiger partial charge on any atom is 0.159 e. The summed E-state index contributed by atoms with van der Waals surface area (Å²) in [6.07, 6.45) is 12.4. The smallest absolute Gasteiger partial charge is 0.159 e. The first-order valence-electron chi connectivity index (χ1n) is 9.23. The minimum atomic E-state index is -0.980. The van der Waals surface area contributed by atoms with Gasteiger partial charge in [-0.25, -0.2) is 8.78 Å². The van der Waals surface area contributed by atoms with E-state index in [0.29, 0.717) is 24.3 Å². The number of aliphatic hydroxyl groups is 1. The molecule has 2 rings (SSSR count). The van der Waals surface area contributed by atoms with Gasteiger partial charge < -0.3 is 5.11 Å². The van der Waals surface area contributed by atoms with Crippen LogP contribution in [0.2, 0.25) is 0 Å². The van der Waals surface area contributed by atoms with Crippen LogP contribution in [0.15, 0.2) is 18.2 Å². The monoisotopic (exact) mass is 324 g/mol. The summed E-state index contributed by atoms with van der Waals surface area (Å²) >= 11 is 0. The van der Waals surface area contributed by atoms with E-state index in [0.717, 1.165) is 25.0 Å². The van der Waals surface area contributed by atoms with Gasteiger partial charge in [-0.1, -0.05) is 57.9 Å². The van der Waals surface area contributed by atoms with Crippen molar-refractivity contribution < 1.29 is 13.9 Å². The van der Waals surface area contributed by atoms with Crippen molar-refractivity contribution >= 4 is 0 Å². The van der Waals surface area contributed by atoms with Crippen LogP contribution in [0.25, 0.3) is 0 Å². The van der Waals surface area contributed by atoms with Crippen LogP contribution in [0, 0.1) is 17.6 Å². The summed E-state index contributed by atoms with van der Waals surface area (Å²) in [6, 6.07) is 3.79. The first kappa shape index (κ1) is 18.4. The Morgan fingerprint density at radius 2 is 1.65 bits per heavy atom. The van der Waals surface area contributed by atoms with Gasteiger partial charge in [0.05, 0.1) is 5.60 Å². The summed E-state index contributed by atoms with van der Waals surface area (Å²) in [6.45, 7) is 2.23. The average molecular weight is 324 g/mol. The Hall–Kier alpha value is -0.960. The molecule has 0 aliphatic heterocycles. The molecule has 0 saturated heterocycles. The molecule has 0 atom stereocenters. The fraction of sp³-hybridized carbons (Fsp3) is 0.700. The maximum absolute atomic E-state index is 13.4.